The lowest BCUT2D eigenvalue weighted by Crippen LogP contribution is -2.08. The molecule has 8 heteroatoms. The number of rotatable bonds is 2. The van der Waals surface area contributed by atoms with Crippen molar-refractivity contribution in [1.82, 2.24) is 9.97 Å². The molecule has 21 heavy (non-hydrogen) atoms. The SMILES string of the molecule is Cc1nc(Cl)cc(Oc2ccc(C#N)cc2C(F)(F)F)n1. The molecule has 0 saturated carbocycles. The topological polar surface area (TPSA) is 58.8 Å². The molecule has 0 amide bonds. The van der Waals surface area contributed by atoms with Gasteiger partial charge in [0.05, 0.1) is 17.2 Å². The van der Waals surface area contributed by atoms with Gasteiger partial charge in [-0.1, -0.05) is 11.6 Å². The zero-order chi connectivity index (χ0) is 15.6. The number of benzene rings is 1. The van der Waals surface area contributed by atoms with Gasteiger partial charge in [-0.05, 0) is 25.1 Å². The second-order valence-corrected chi connectivity index (χ2v) is 4.39. The first-order chi connectivity index (χ1) is 9.79. The van der Waals surface area contributed by atoms with Gasteiger partial charge in [0.15, 0.2) is 0 Å². The van der Waals surface area contributed by atoms with Crippen LogP contribution in [0.15, 0.2) is 24.3 Å². The van der Waals surface area contributed by atoms with Crippen LogP contribution in [-0.4, -0.2) is 9.97 Å². The zero-order valence-corrected chi connectivity index (χ0v) is 11.3. The maximum atomic E-state index is 13.0. The number of alkyl halides is 3. The molecule has 0 bridgehead atoms. The molecule has 0 spiro atoms. The molecule has 0 N–H and O–H groups in total. The molecular formula is C13H7ClF3N3O. The van der Waals surface area contributed by atoms with Gasteiger partial charge in [-0.2, -0.15) is 23.4 Å². The van der Waals surface area contributed by atoms with E-state index in [1.54, 1.807) is 6.07 Å². The highest BCUT2D eigenvalue weighted by Crippen LogP contribution is 2.38. The molecule has 1 aromatic carbocycles. The first kappa shape index (κ1) is 15.1. The fourth-order valence-electron chi connectivity index (χ4n) is 1.58. The summed E-state index contributed by atoms with van der Waals surface area (Å²) in [6.45, 7) is 1.53. The van der Waals surface area contributed by atoms with Crippen LogP contribution in [0.25, 0.3) is 0 Å². The average molecular weight is 314 g/mol. The van der Waals surface area contributed by atoms with Crippen molar-refractivity contribution >= 4 is 11.6 Å². The number of aromatic nitrogens is 2. The van der Waals surface area contributed by atoms with Crippen LogP contribution in [0.3, 0.4) is 0 Å². The fourth-order valence-corrected chi connectivity index (χ4v) is 1.80. The second kappa shape index (κ2) is 5.58. The van der Waals surface area contributed by atoms with Crippen molar-refractivity contribution in [2.45, 2.75) is 13.1 Å². The third kappa shape index (κ3) is 3.61. The van der Waals surface area contributed by atoms with Gasteiger partial charge in [-0.15, -0.1) is 0 Å². The molecule has 0 atom stereocenters. The van der Waals surface area contributed by atoms with Crippen molar-refractivity contribution in [2.24, 2.45) is 0 Å². The number of hydrogen-bond acceptors (Lipinski definition) is 4. The average Bonchev–Trinajstić information content (AvgIpc) is 2.36. The lowest BCUT2D eigenvalue weighted by Gasteiger charge is -2.13. The van der Waals surface area contributed by atoms with Crippen LogP contribution in [0, 0.1) is 18.3 Å². The Morgan fingerprint density at radius 3 is 2.52 bits per heavy atom. The third-order valence-electron chi connectivity index (χ3n) is 2.41. The highest BCUT2D eigenvalue weighted by atomic mass is 35.5. The first-order valence-corrected chi connectivity index (χ1v) is 5.98. The molecule has 2 rings (SSSR count). The molecule has 0 fully saturated rings. The van der Waals surface area contributed by atoms with Crippen molar-refractivity contribution in [2.75, 3.05) is 0 Å². The largest absolute Gasteiger partial charge is 0.438 e. The van der Waals surface area contributed by atoms with Gasteiger partial charge in [-0.25, -0.2) is 4.98 Å². The zero-order valence-electron chi connectivity index (χ0n) is 10.6. The summed E-state index contributed by atoms with van der Waals surface area (Å²) in [7, 11) is 0. The molecule has 0 saturated heterocycles. The van der Waals surface area contributed by atoms with E-state index in [0.29, 0.717) is 6.07 Å². The van der Waals surface area contributed by atoms with E-state index in [1.165, 1.54) is 19.1 Å². The number of nitrogens with zero attached hydrogens (tertiary/aromatic N) is 3. The summed E-state index contributed by atoms with van der Waals surface area (Å²) >= 11 is 5.70. The standard InChI is InChI=1S/C13H7ClF3N3O/c1-7-19-11(14)5-12(20-7)21-10-3-2-8(6-18)4-9(10)13(15,16)17/h2-5H,1H3. The molecule has 0 radical (unpaired) electrons. The summed E-state index contributed by atoms with van der Waals surface area (Å²) in [5, 5.41) is 8.74. The minimum Gasteiger partial charge on any atom is -0.438 e. The van der Waals surface area contributed by atoms with E-state index < -0.39 is 17.5 Å². The third-order valence-corrected chi connectivity index (χ3v) is 2.61. The minimum atomic E-state index is -4.66. The Morgan fingerprint density at radius 2 is 1.95 bits per heavy atom. The van der Waals surface area contributed by atoms with Gasteiger partial charge in [0.2, 0.25) is 5.88 Å². The van der Waals surface area contributed by atoms with Crippen molar-refractivity contribution in [3.63, 3.8) is 0 Å². The number of hydrogen-bond donors (Lipinski definition) is 0. The smallest absolute Gasteiger partial charge is 0.420 e. The van der Waals surface area contributed by atoms with E-state index in [-0.39, 0.29) is 22.4 Å². The van der Waals surface area contributed by atoms with Crippen LogP contribution in [0.4, 0.5) is 13.2 Å². The molecule has 1 aromatic heterocycles. The second-order valence-electron chi connectivity index (χ2n) is 4.00. The molecule has 2 aromatic rings. The Labute approximate surface area is 122 Å². The molecule has 108 valence electrons. The van der Waals surface area contributed by atoms with Gasteiger partial charge in [0.25, 0.3) is 0 Å². The van der Waals surface area contributed by atoms with E-state index in [0.717, 1.165) is 6.07 Å². The minimum absolute atomic E-state index is 0.0553. The molecule has 0 aliphatic rings. The summed E-state index contributed by atoms with van der Waals surface area (Å²) in [5.41, 5.74) is -1.18. The van der Waals surface area contributed by atoms with E-state index in [1.807, 2.05) is 0 Å². The number of ether oxygens (including phenoxy) is 1. The molecule has 0 aliphatic heterocycles. The normalized spacial score (nSPS) is 11.0. The monoisotopic (exact) mass is 313 g/mol. The predicted molar refractivity (Wildman–Crippen MR) is 68.0 cm³/mol. The Bertz CT molecular complexity index is 705. The first-order valence-electron chi connectivity index (χ1n) is 5.60. The van der Waals surface area contributed by atoms with Crippen molar-refractivity contribution in [3.05, 3.63) is 46.4 Å². The van der Waals surface area contributed by atoms with E-state index >= 15 is 0 Å². The summed E-state index contributed by atoms with van der Waals surface area (Å²) in [6, 6.07) is 5.85. The van der Waals surface area contributed by atoms with Crippen molar-refractivity contribution in [1.29, 1.82) is 5.26 Å². The predicted octanol–water partition coefficient (Wildman–Crippen LogP) is 4.12. The van der Waals surface area contributed by atoms with Crippen LogP contribution >= 0.6 is 11.6 Å². The van der Waals surface area contributed by atoms with Gasteiger partial charge in [-0.3, -0.25) is 0 Å². The van der Waals surface area contributed by atoms with Gasteiger partial charge in [0.1, 0.15) is 16.7 Å². The molecule has 4 nitrogen and oxygen atoms in total. The molecule has 0 aliphatic carbocycles. The number of halogens is 4. The fraction of sp³-hybridized carbons (Fsp3) is 0.154. The number of nitriles is 1. The molecule has 0 unspecified atom stereocenters. The van der Waals surface area contributed by atoms with Crippen molar-refractivity contribution in [3.8, 4) is 17.7 Å². The van der Waals surface area contributed by atoms with E-state index in [4.69, 9.17) is 21.6 Å². The number of aryl methyl sites for hydroxylation is 1. The molecular weight excluding hydrogens is 307 g/mol. The van der Waals surface area contributed by atoms with Crippen LogP contribution in [0.2, 0.25) is 5.15 Å². The summed E-state index contributed by atoms with van der Waals surface area (Å²) in [4.78, 5) is 7.63. The maximum absolute atomic E-state index is 13.0. The Kier molecular flexibility index (Phi) is 4.00. The van der Waals surface area contributed by atoms with E-state index in [2.05, 4.69) is 9.97 Å². The van der Waals surface area contributed by atoms with E-state index in [9.17, 15) is 13.2 Å². The van der Waals surface area contributed by atoms with Gasteiger partial charge < -0.3 is 4.74 Å². The lowest BCUT2D eigenvalue weighted by molar-refractivity contribution is -0.138. The Morgan fingerprint density at radius 1 is 1.24 bits per heavy atom. The molecule has 1 heterocycles. The summed E-state index contributed by atoms with van der Waals surface area (Å²) in [6.07, 6.45) is -4.66. The van der Waals surface area contributed by atoms with Crippen LogP contribution in [-0.2, 0) is 6.18 Å². The van der Waals surface area contributed by atoms with Gasteiger partial charge >= 0.3 is 6.18 Å². The Hall–Kier alpha value is -2.33. The highest BCUT2D eigenvalue weighted by Gasteiger charge is 2.35. The maximum Gasteiger partial charge on any atom is 0.420 e. The van der Waals surface area contributed by atoms with Crippen LogP contribution in [0.5, 0.6) is 11.6 Å². The summed E-state index contributed by atoms with van der Waals surface area (Å²) in [5.74, 6) is -0.307. The van der Waals surface area contributed by atoms with Crippen LogP contribution < -0.4 is 4.74 Å². The lowest BCUT2D eigenvalue weighted by atomic mass is 10.1. The summed E-state index contributed by atoms with van der Waals surface area (Å²) < 4.78 is 44.1. The van der Waals surface area contributed by atoms with Gasteiger partial charge in [0, 0.05) is 6.07 Å². The van der Waals surface area contributed by atoms with Crippen LogP contribution in [0.1, 0.15) is 17.0 Å². The van der Waals surface area contributed by atoms with Crippen molar-refractivity contribution < 1.29 is 17.9 Å². The highest BCUT2D eigenvalue weighted by molar-refractivity contribution is 6.29. The Balaban J connectivity index is 2.46. The quantitative estimate of drug-likeness (QED) is 0.782.